The number of nitrogens with zero attached hydrogens (tertiary/aromatic N) is 15. The Hall–Kier alpha value is -7.96. The smallest absolute Gasteiger partial charge is 0.398 e. The minimum atomic E-state index is -0.841. The van der Waals surface area contributed by atoms with E-state index < -0.39 is 18.3 Å². The van der Waals surface area contributed by atoms with Gasteiger partial charge in [0, 0.05) is 66.6 Å². The molecule has 1 aliphatic rings. The number of hydrogen-bond donors (Lipinski definition) is 5. The van der Waals surface area contributed by atoms with Gasteiger partial charge in [-0.25, -0.2) is 19.0 Å². The van der Waals surface area contributed by atoms with Gasteiger partial charge < -0.3 is 40.3 Å². The van der Waals surface area contributed by atoms with Crippen molar-refractivity contribution in [2.24, 2.45) is 0 Å². The zero-order chi connectivity index (χ0) is 68.3. The highest BCUT2D eigenvalue weighted by Gasteiger charge is 2.52. The van der Waals surface area contributed by atoms with Crippen LogP contribution in [0.3, 0.4) is 0 Å². The lowest BCUT2D eigenvalue weighted by Gasteiger charge is -2.32. The summed E-state index contributed by atoms with van der Waals surface area (Å²) in [6.07, 6.45) is 9.21. The SMILES string of the molecule is CC(C)=O.CC(C)Nc1cc(-c2ccc3cc(C#N)cnn23)ncc1-c1nnc(CC(C)(C)O)s1.CC(C)Nc1cc(Cl)ncc1-c1nnc(CC(C)(C)O)s1.CC1(C)OB(c2ccc3cc(C#N)cnn23)OC1(C)C.Cc1nnc(-c2cnc(Cl)cc2NC(C)C)s1. The number of ketones is 1. The molecule has 29 heteroatoms. The van der Waals surface area contributed by atoms with E-state index in [1.54, 1.807) is 97.2 Å². The maximum Gasteiger partial charge on any atom is 0.514 e. The first-order valence-electron chi connectivity index (χ1n) is 29.7. The number of aliphatic hydroxyl groups is 2. The Labute approximate surface area is 564 Å². The number of aromatic nitrogens is 13. The van der Waals surface area contributed by atoms with Crippen molar-refractivity contribution in [2.45, 2.75) is 171 Å². The van der Waals surface area contributed by atoms with E-state index in [9.17, 15) is 15.0 Å². The first-order chi connectivity index (χ1) is 43.6. The maximum atomic E-state index is 10.1. The average Bonchev–Trinajstić information content (AvgIpc) is 1.64. The van der Waals surface area contributed by atoms with E-state index in [-0.39, 0.29) is 29.1 Å². The summed E-state index contributed by atoms with van der Waals surface area (Å²) in [5.74, 6) is 0.167. The minimum Gasteiger partial charge on any atom is -0.398 e. The fourth-order valence-corrected chi connectivity index (χ4v) is 11.9. The highest BCUT2D eigenvalue weighted by atomic mass is 35.5. The zero-order valence-electron chi connectivity index (χ0n) is 55.1. The lowest BCUT2D eigenvalue weighted by Crippen LogP contribution is -2.41. The number of anilines is 3. The van der Waals surface area contributed by atoms with Crippen molar-refractivity contribution < 1.29 is 24.3 Å². The molecule has 488 valence electrons. The third-order valence-corrected chi connectivity index (χ3v) is 16.5. The van der Waals surface area contributed by atoms with Gasteiger partial charge >= 0.3 is 7.12 Å². The molecular formula is C64H77BCl2N18O5S3. The molecule has 0 aromatic carbocycles. The van der Waals surface area contributed by atoms with E-state index in [1.165, 1.54) is 36.5 Å². The van der Waals surface area contributed by atoms with Crippen LogP contribution < -0.4 is 21.5 Å². The Morgan fingerprint density at radius 2 is 1.00 bits per heavy atom. The Bertz CT molecular complexity index is 4270. The Morgan fingerprint density at radius 1 is 0.602 bits per heavy atom. The number of nitrogens with one attached hydrogen (secondary N) is 3. The van der Waals surface area contributed by atoms with Crippen LogP contribution in [0.4, 0.5) is 17.1 Å². The molecule has 10 aromatic rings. The summed E-state index contributed by atoms with van der Waals surface area (Å²) in [7, 11) is -0.456. The van der Waals surface area contributed by atoms with Crippen LogP contribution in [0.25, 0.3) is 54.1 Å². The number of carbonyl (C=O) groups is 1. The third kappa shape index (κ3) is 20.3. The molecule has 1 aliphatic heterocycles. The van der Waals surface area contributed by atoms with E-state index in [1.807, 2.05) is 71.0 Å². The van der Waals surface area contributed by atoms with Crippen LogP contribution in [-0.2, 0) is 26.9 Å². The highest BCUT2D eigenvalue weighted by molar-refractivity contribution is 7.15. The fourth-order valence-electron chi connectivity index (χ4n) is 8.75. The molecule has 23 nitrogen and oxygen atoms in total. The van der Waals surface area contributed by atoms with Crippen LogP contribution in [0, 0.1) is 29.6 Å². The van der Waals surface area contributed by atoms with Crippen LogP contribution in [0.1, 0.15) is 137 Å². The van der Waals surface area contributed by atoms with Crippen molar-refractivity contribution in [3.63, 3.8) is 0 Å². The summed E-state index contributed by atoms with van der Waals surface area (Å²) in [5.41, 5.74) is 8.15. The first kappa shape index (κ1) is 72.5. The summed E-state index contributed by atoms with van der Waals surface area (Å²) in [6.45, 7) is 32.5. The van der Waals surface area contributed by atoms with E-state index in [0.29, 0.717) is 40.3 Å². The molecule has 11 heterocycles. The number of carbonyl (C=O) groups excluding carboxylic acids is 1. The molecule has 0 aliphatic carbocycles. The number of pyridine rings is 3. The number of aryl methyl sites for hydroxylation is 1. The number of fused-ring (bicyclic) bond motifs is 2. The molecule has 0 amide bonds. The molecule has 5 N–H and O–H groups in total. The molecule has 0 atom stereocenters. The third-order valence-electron chi connectivity index (χ3n) is 13.3. The number of hydrogen-bond acceptors (Lipinski definition) is 24. The van der Waals surface area contributed by atoms with Gasteiger partial charge in [0.1, 0.15) is 43.3 Å². The molecule has 0 unspecified atom stereocenters. The molecule has 93 heavy (non-hydrogen) atoms. The van der Waals surface area contributed by atoms with Crippen LogP contribution in [0.5, 0.6) is 0 Å². The summed E-state index contributed by atoms with van der Waals surface area (Å²) in [4.78, 5) is 22.3. The van der Waals surface area contributed by atoms with Gasteiger partial charge in [-0.05, 0) is 172 Å². The summed E-state index contributed by atoms with van der Waals surface area (Å²) >= 11 is 16.3. The molecule has 0 bridgehead atoms. The highest BCUT2D eigenvalue weighted by Crippen LogP contribution is 2.38. The van der Waals surface area contributed by atoms with Crippen molar-refractivity contribution in [1.82, 2.24) is 64.8 Å². The molecule has 0 radical (unpaired) electrons. The van der Waals surface area contributed by atoms with Crippen LogP contribution >= 0.6 is 57.2 Å². The summed E-state index contributed by atoms with van der Waals surface area (Å²) in [6, 6.07) is 21.9. The van der Waals surface area contributed by atoms with Crippen LogP contribution in [0.2, 0.25) is 10.3 Å². The molecule has 10 aromatic heterocycles. The van der Waals surface area contributed by atoms with Gasteiger partial charge in [0.2, 0.25) is 0 Å². The van der Waals surface area contributed by atoms with Gasteiger partial charge in [0.15, 0.2) is 15.0 Å². The maximum absolute atomic E-state index is 10.1. The second-order valence-corrected chi connectivity index (χ2v) is 29.2. The van der Waals surface area contributed by atoms with Gasteiger partial charge in [-0.1, -0.05) is 57.2 Å². The predicted octanol–water partition coefficient (Wildman–Crippen LogP) is 12.8. The monoisotopic (exact) mass is 1350 g/mol. The lowest BCUT2D eigenvalue weighted by atomic mass is 9.85. The second-order valence-electron chi connectivity index (χ2n) is 25.1. The van der Waals surface area contributed by atoms with Gasteiger partial charge in [-0.3, -0.25) is 4.98 Å². The second kappa shape index (κ2) is 30.9. The van der Waals surface area contributed by atoms with E-state index in [0.717, 1.165) is 91.8 Å². The molecule has 1 fully saturated rings. The van der Waals surface area contributed by atoms with Crippen molar-refractivity contribution >= 4 is 104 Å². The molecule has 11 rings (SSSR count). The number of nitriles is 2. The molecular weight excluding hydrogens is 1280 g/mol. The van der Waals surface area contributed by atoms with Crippen LogP contribution in [0.15, 0.2) is 85.6 Å². The molecule has 1 saturated heterocycles. The largest absolute Gasteiger partial charge is 0.514 e. The van der Waals surface area contributed by atoms with Crippen molar-refractivity contribution in [3.05, 3.63) is 122 Å². The number of rotatable bonds is 15. The van der Waals surface area contributed by atoms with Gasteiger partial charge in [0.05, 0.1) is 90.6 Å². The van der Waals surface area contributed by atoms with E-state index in [4.69, 9.17) is 43.0 Å². The standard InChI is InChI=1S/C22H23N7OS.C14H16BN3O2.C14H19ClN4OS.C11H13ClN4S.C3H6O/c1-13(2)26-17-8-18(19-6-5-15-7-14(10-23)11-25-29(15)19)24-12-16(17)21-28-27-20(31-21)9-22(3,4)30;1-13(2)14(3,4)20-15(19-13)12-6-5-11-7-10(8-16)9-17-18(11)12;1-8(2)17-10-5-11(15)16-7-9(10)13-19-18-12(21-13)6-14(3,4)20;1-6(2)14-9-4-10(12)13-5-8(9)11-16-15-7(3)17-11;1-3(2)4/h5-8,11-13,30H,9H2,1-4H3,(H,24,26);5-7,9H,1-4H3;5,7-8,20H,6H2,1-4H3,(H,16,17);4-6H,1-3H3,(H,13,14);1-2H3. The fraction of sp³-hybridized carbons (Fsp3) is 0.406. The van der Waals surface area contributed by atoms with Crippen molar-refractivity contribution in [2.75, 3.05) is 16.0 Å². The van der Waals surface area contributed by atoms with Gasteiger partial charge in [0.25, 0.3) is 0 Å². The van der Waals surface area contributed by atoms with Gasteiger partial charge in [-0.15, -0.1) is 30.6 Å². The zero-order valence-corrected chi connectivity index (χ0v) is 59.1. The Balaban J connectivity index is 0.000000176. The van der Waals surface area contributed by atoms with E-state index >= 15 is 0 Å². The van der Waals surface area contributed by atoms with Crippen LogP contribution in [-0.4, -0.2) is 128 Å². The van der Waals surface area contributed by atoms with Crippen molar-refractivity contribution in [1.29, 1.82) is 10.5 Å². The quantitative estimate of drug-likeness (QED) is 0.0470. The average molecular weight is 1360 g/mol. The minimum absolute atomic E-state index is 0.167. The Kier molecular flexibility index (Phi) is 24.0. The van der Waals surface area contributed by atoms with Crippen molar-refractivity contribution in [3.8, 4) is 55.2 Å². The van der Waals surface area contributed by atoms with E-state index in [2.05, 4.69) is 125 Å². The van der Waals surface area contributed by atoms with Gasteiger partial charge in [-0.2, -0.15) is 20.7 Å². The molecule has 0 saturated carbocycles. The number of Topliss-reactive ketones (excluding diaryl/α,β-unsaturated/α-hetero) is 1. The number of halogens is 2. The lowest BCUT2D eigenvalue weighted by molar-refractivity contribution is -0.115. The predicted molar refractivity (Wildman–Crippen MR) is 371 cm³/mol. The summed E-state index contributed by atoms with van der Waals surface area (Å²) in [5, 5.41) is 87.6. The summed E-state index contributed by atoms with van der Waals surface area (Å²) < 4.78 is 15.6. The first-order valence-corrected chi connectivity index (χ1v) is 32.9. The topological polar surface area (TPSA) is 310 Å². The molecule has 0 spiro atoms. The normalized spacial score (nSPS) is 13.2. The Morgan fingerprint density at radius 3 is 1.42 bits per heavy atom.